The van der Waals surface area contributed by atoms with Crippen LogP contribution in [0.5, 0.6) is 0 Å². The minimum absolute atomic E-state index is 0.111. The van der Waals surface area contributed by atoms with E-state index < -0.39 is 6.10 Å². The lowest BCUT2D eigenvalue weighted by molar-refractivity contribution is 0.0301. The number of nitrogens with two attached hydrogens (primary N) is 1. The molecule has 0 amide bonds. The van der Waals surface area contributed by atoms with Gasteiger partial charge >= 0.3 is 0 Å². The summed E-state index contributed by atoms with van der Waals surface area (Å²) in [6.07, 6.45) is 5.19. The molecule has 0 radical (unpaired) electrons. The lowest BCUT2D eigenvalue weighted by atomic mass is 9.76. The Morgan fingerprint density at radius 1 is 1.29 bits per heavy atom. The van der Waals surface area contributed by atoms with Crippen LogP contribution in [-0.4, -0.2) is 11.7 Å². The molecular formula is C19H31NO. The molecule has 1 saturated carbocycles. The Hall–Kier alpha value is -0.860. The van der Waals surface area contributed by atoms with Crippen molar-refractivity contribution in [2.45, 2.75) is 59.0 Å². The number of rotatable bonds is 6. The molecule has 118 valence electrons. The first-order valence-corrected chi connectivity index (χ1v) is 8.47. The Morgan fingerprint density at radius 3 is 2.43 bits per heavy atom. The van der Waals surface area contributed by atoms with Gasteiger partial charge in [0, 0.05) is 12.0 Å². The van der Waals surface area contributed by atoms with E-state index in [4.69, 9.17) is 5.73 Å². The number of aliphatic hydroxyl groups excluding tert-OH is 1. The molecule has 1 aromatic rings. The maximum absolute atomic E-state index is 10.9. The van der Waals surface area contributed by atoms with E-state index in [9.17, 15) is 5.11 Å². The zero-order valence-electron chi connectivity index (χ0n) is 13.8. The van der Waals surface area contributed by atoms with Crippen molar-refractivity contribution in [3.8, 4) is 0 Å². The monoisotopic (exact) mass is 289 g/mol. The molecule has 0 bridgehead atoms. The van der Waals surface area contributed by atoms with Crippen molar-refractivity contribution in [2.75, 3.05) is 6.54 Å². The van der Waals surface area contributed by atoms with Gasteiger partial charge in [-0.15, -0.1) is 0 Å². The predicted octanol–water partition coefficient (Wildman–Crippen LogP) is 4.07. The third-order valence-electron chi connectivity index (χ3n) is 5.25. The third-order valence-corrected chi connectivity index (χ3v) is 5.25. The second-order valence-corrected chi connectivity index (χ2v) is 7.33. The predicted molar refractivity (Wildman–Crippen MR) is 89.1 cm³/mol. The molecule has 1 aromatic carbocycles. The molecule has 3 unspecified atom stereocenters. The van der Waals surface area contributed by atoms with E-state index in [1.807, 2.05) is 0 Å². The average Bonchev–Trinajstić information content (AvgIpc) is 2.91. The van der Waals surface area contributed by atoms with Crippen LogP contribution in [0.3, 0.4) is 0 Å². The summed E-state index contributed by atoms with van der Waals surface area (Å²) in [6.45, 7) is 7.29. The van der Waals surface area contributed by atoms with E-state index in [1.54, 1.807) is 0 Å². The molecule has 0 aliphatic heterocycles. The number of hydrogen-bond acceptors (Lipinski definition) is 2. The van der Waals surface area contributed by atoms with Crippen LogP contribution >= 0.6 is 0 Å². The van der Waals surface area contributed by atoms with E-state index in [-0.39, 0.29) is 5.41 Å². The normalized spacial score (nSPS) is 27.2. The first-order valence-electron chi connectivity index (χ1n) is 8.47. The fourth-order valence-electron chi connectivity index (χ4n) is 3.83. The van der Waals surface area contributed by atoms with Crippen LogP contribution < -0.4 is 5.73 Å². The highest BCUT2D eigenvalue weighted by Crippen LogP contribution is 2.50. The minimum Gasteiger partial charge on any atom is -0.388 e. The Bertz CT molecular complexity index is 439. The molecule has 21 heavy (non-hydrogen) atoms. The fourth-order valence-corrected chi connectivity index (χ4v) is 3.83. The molecule has 0 aromatic heterocycles. The lowest BCUT2D eigenvalue weighted by Crippen LogP contribution is -2.34. The molecule has 1 aliphatic rings. The van der Waals surface area contributed by atoms with E-state index in [1.165, 1.54) is 18.4 Å². The van der Waals surface area contributed by atoms with Gasteiger partial charge in [-0.2, -0.15) is 0 Å². The molecule has 2 heteroatoms. The molecule has 2 nitrogen and oxygen atoms in total. The van der Waals surface area contributed by atoms with Crippen molar-refractivity contribution in [1.82, 2.24) is 0 Å². The molecule has 3 N–H and O–H groups in total. The van der Waals surface area contributed by atoms with Crippen molar-refractivity contribution >= 4 is 0 Å². The summed E-state index contributed by atoms with van der Waals surface area (Å²) in [5.74, 6) is 1.39. The summed E-state index contributed by atoms with van der Waals surface area (Å²) >= 11 is 0. The molecular weight excluding hydrogens is 258 g/mol. The van der Waals surface area contributed by atoms with Crippen molar-refractivity contribution in [3.63, 3.8) is 0 Å². The molecule has 0 saturated heterocycles. The van der Waals surface area contributed by atoms with Crippen molar-refractivity contribution in [2.24, 2.45) is 23.0 Å². The highest BCUT2D eigenvalue weighted by Gasteiger charge is 2.43. The maximum atomic E-state index is 10.9. The quantitative estimate of drug-likeness (QED) is 0.829. The molecule has 0 spiro atoms. The van der Waals surface area contributed by atoms with E-state index in [2.05, 4.69) is 45.0 Å². The Labute approximate surface area is 129 Å². The number of aliphatic hydroxyl groups is 1. The van der Waals surface area contributed by atoms with E-state index in [0.29, 0.717) is 12.5 Å². The maximum Gasteiger partial charge on any atom is 0.0858 e. The van der Waals surface area contributed by atoms with Crippen LogP contribution in [0.1, 0.15) is 63.7 Å². The molecule has 2 rings (SSSR count). The Balaban J connectivity index is 2.13. The first kappa shape index (κ1) is 16.5. The summed E-state index contributed by atoms with van der Waals surface area (Å²) in [7, 11) is 0. The Morgan fingerprint density at radius 2 is 1.95 bits per heavy atom. The van der Waals surface area contributed by atoms with Gasteiger partial charge in [0.15, 0.2) is 0 Å². The van der Waals surface area contributed by atoms with Crippen LogP contribution in [0, 0.1) is 17.3 Å². The van der Waals surface area contributed by atoms with Crippen molar-refractivity contribution in [3.05, 3.63) is 35.4 Å². The summed E-state index contributed by atoms with van der Waals surface area (Å²) in [6, 6.07) is 8.52. The van der Waals surface area contributed by atoms with Gasteiger partial charge in [-0.25, -0.2) is 0 Å². The smallest absolute Gasteiger partial charge is 0.0858 e. The van der Waals surface area contributed by atoms with Crippen molar-refractivity contribution < 1.29 is 5.11 Å². The topological polar surface area (TPSA) is 46.2 Å². The van der Waals surface area contributed by atoms with Gasteiger partial charge in [-0.05, 0) is 48.6 Å². The molecule has 1 fully saturated rings. The van der Waals surface area contributed by atoms with Crippen LogP contribution in [0.2, 0.25) is 0 Å². The summed E-state index contributed by atoms with van der Waals surface area (Å²) in [5, 5.41) is 10.9. The van der Waals surface area contributed by atoms with Gasteiger partial charge in [0.05, 0.1) is 6.10 Å². The SMILES string of the molecule is CCC1CCC(CN)(C(O)c2ccc(CC(C)C)cc2)C1. The lowest BCUT2D eigenvalue weighted by Gasteiger charge is -2.34. The van der Waals surface area contributed by atoms with Crippen LogP contribution in [-0.2, 0) is 6.42 Å². The highest BCUT2D eigenvalue weighted by atomic mass is 16.3. The summed E-state index contributed by atoms with van der Waals surface area (Å²) < 4.78 is 0. The standard InChI is InChI=1S/C19H31NO/c1-4-15-9-10-19(12-15,13-20)18(21)17-7-5-16(6-8-17)11-14(2)3/h5-8,14-15,18,21H,4,9-13,20H2,1-3H3. The average molecular weight is 289 g/mol. The van der Waals surface area contributed by atoms with Crippen LogP contribution in [0.25, 0.3) is 0 Å². The molecule has 1 aliphatic carbocycles. The van der Waals surface area contributed by atoms with Gasteiger partial charge < -0.3 is 10.8 Å². The first-order chi connectivity index (χ1) is 10.0. The van der Waals surface area contributed by atoms with E-state index in [0.717, 1.165) is 30.7 Å². The number of benzene rings is 1. The second kappa shape index (κ2) is 6.93. The second-order valence-electron chi connectivity index (χ2n) is 7.33. The Kier molecular flexibility index (Phi) is 5.45. The zero-order chi connectivity index (χ0) is 15.5. The fraction of sp³-hybridized carbons (Fsp3) is 0.684. The highest BCUT2D eigenvalue weighted by molar-refractivity contribution is 5.26. The molecule has 3 atom stereocenters. The van der Waals surface area contributed by atoms with Gasteiger partial charge in [0.1, 0.15) is 0 Å². The largest absolute Gasteiger partial charge is 0.388 e. The summed E-state index contributed by atoms with van der Waals surface area (Å²) in [4.78, 5) is 0. The van der Waals surface area contributed by atoms with E-state index >= 15 is 0 Å². The minimum atomic E-state index is -0.424. The van der Waals surface area contributed by atoms with Gasteiger partial charge in [-0.1, -0.05) is 51.5 Å². The number of hydrogen-bond donors (Lipinski definition) is 2. The van der Waals surface area contributed by atoms with Gasteiger partial charge in [-0.3, -0.25) is 0 Å². The summed E-state index contributed by atoms with van der Waals surface area (Å²) in [5.41, 5.74) is 8.33. The van der Waals surface area contributed by atoms with Crippen LogP contribution in [0.4, 0.5) is 0 Å². The third kappa shape index (κ3) is 3.67. The molecule has 0 heterocycles. The van der Waals surface area contributed by atoms with Gasteiger partial charge in [0.2, 0.25) is 0 Å². The van der Waals surface area contributed by atoms with Crippen molar-refractivity contribution in [1.29, 1.82) is 0 Å². The van der Waals surface area contributed by atoms with Gasteiger partial charge in [0.25, 0.3) is 0 Å². The zero-order valence-corrected chi connectivity index (χ0v) is 13.8. The van der Waals surface area contributed by atoms with Crippen LogP contribution in [0.15, 0.2) is 24.3 Å².